The maximum absolute atomic E-state index is 5.41. The Morgan fingerprint density at radius 3 is 2.53 bits per heavy atom. The Labute approximate surface area is 105 Å². The van der Waals surface area contributed by atoms with E-state index < -0.39 is 0 Å². The molecule has 2 aliphatic rings. The average molecular weight is 331 g/mol. The van der Waals surface area contributed by atoms with Gasteiger partial charge in [-0.05, 0) is 5.56 Å². The van der Waals surface area contributed by atoms with Crippen molar-refractivity contribution >= 4 is 37.6 Å². The zero-order valence-electron chi connectivity index (χ0n) is 7.81. The average Bonchev–Trinajstić information content (AvgIpc) is 2.70. The second kappa shape index (κ2) is 3.59. The molecule has 2 nitrogen and oxygen atoms in total. The molecule has 1 aromatic rings. The molecule has 0 aromatic heterocycles. The van der Waals surface area contributed by atoms with Gasteiger partial charge in [0.25, 0.3) is 0 Å². The molecule has 0 N–H and O–H groups in total. The first-order valence-electron chi connectivity index (χ1n) is 4.86. The molecule has 0 bridgehead atoms. The highest BCUT2D eigenvalue weighted by Crippen LogP contribution is 2.46. The minimum atomic E-state index is 0.199. The lowest BCUT2D eigenvalue weighted by Crippen LogP contribution is -2.54. The normalized spacial score (nSPS) is 37.6. The number of nitrogens with zero attached hydrogens (tertiary/aromatic N) is 1. The summed E-state index contributed by atoms with van der Waals surface area (Å²) < 4.78 is 0. The number of fused-ring (bicyclic) bond motifs is 1. The van der Waals surface area contributed by atoms with Crippen LogP contribution in [-0.2, 0) is 4.84 Å². The minimum Gasteiger partial charge on any atom is -0.390 e. The highest BCUT2D eigenvalue weighted by Gasteiger charge is 2.56. The van der Waals surface area contributed by atoms with Crippen LogP contribution in [0.15, 0.2) is 35.5 Å². The molecule has 1 aliphatic heterocycles. The lowest BCUT2D eigenvalue weighted by molar-refractivity contribution is 0.0235. The van der Waals surface area contributed by atoms with Crippen LogP contribution in [0.5, 0.6) is 0 Å². The monoisotopic (exact) mass is 329 g/mol. The maximum Gasteiger partial charge on any atom is 0.150 e. The van der Waals surface area contributed by atoms with Crippen molar-refractivity contribution in [2.45, 2.75) is 15.8 Å². The third kappa shape index (κ3) is 1.38. The smallest absolute Gasteiger partial charge is 0.150 e. The number of halogens is 2. The van der Waals surface area contributed by atoms with E-state index in [1.165, 1.54) is 0 Å². The summed E-state index contributed by atoms with van der Waals surface area (Å²) in [6.45, 7) is 0. The van der Waals surface area contributed by atoms with Crippen LogP contribution < -0.4 is 0 Å². The zero-order chi connectivity index (χ0) is 10.4. The van der Waals surface area contributed by atoms with Crippen molar-refractivity contribution in [1.29, 1.82) is 0 Å². The standard InChI is InChI=1S/C11H9Br2NO/c12-8-7-10(6-4-2-1-3-5-6)14-15-11(7)9(8)13/h1-5,7-9,11H/t7-,8+,9-,11+/m0/s1. The number of benzene rings is 1. The van der Waals surface area contributed by atoms with Crippen molar-refractivity contribution in [1.82, 2.24) is 0 Å². The van der Waals surface area contributed by atoms with E-state index >= 15 is 0 Å². The minimum absolute atomic E-state index is 0.199. The Balaban J connectivity index is 1.91. The largest absolute Gasteiger partial charge is 0.390 e. The van der Waals surface area contributed by atoms with Gasteiger partial charge in [-0.2, -0.15) is 0 Å². The van der Waals surface area contributed by atoms with Crippen molar-refractivity contribution in [3.05, 3.63) is 35.9 Å². The molecule has 1 aromatic carbocycles. The van der Waals surface area contributed by atoms with E-state index in [1.807, 2.05) is 18.2 Å². The number of hydrogen-bond acceptors (Lipinski definition) is 2. The van der Waals surface area contributed by atoms with Crippen molar-refractivity contribution in [2.24, 2.45) is 11.1 Å². The van der Waals surface area contributed by atoms with Crippen LogP contribution >= 0.6 is 31.9 Å². The molecule has 0 spiro atoms. The molecule has 4 atom stereocenters. The van der Waals surface area contributed by atoms with Crippen molar-refractivity contribution in [3.8, 4) is 0 Å². The Hall–Kier alpha value is -0.350. The first-order valence-corrected chi connectivity index (χ1v) is 6.69. The molecule has 0 unspecified atom stereocenters. The molecule has 78 valence electrons. The van der Waals surface area contributed by atoms with E-state index in [1.54, 1.807) is 0 Å². The van der Waals surface area contributed by atoms with E-state index in [0.29, 0.717) is 15.6 Å². The predicted molar refractivity (Wildman–Crippen MR) is 66.8 cm³/mol. The molecule has 15 heavy (non-hydrogen) atoms. The van der Waals surface area contributed by atoms with Gasteiger partial charge in [-0.1, -0.05) is 67.3 Å². The SMILES string of the molecule is Br[C@H]1[C@H](Br)[C@H]2C(c3ccccc3)=NO[C@@H]12. The van der Waals surface area contributed by atoms with Crippen LogP contribution in [0.4, 0.5) is 0 Å². The van der Waals surface area contributed by atoms with Gasteiger partial charge in [0.2, 0.25) is 0 Å². The molecular formula is C11H9Br2NO. The van der Waals surface area contributed by atoms with Crippen LogP contribution in [0, 0.1) is 5.92 Å². The lowest BCUT2D eigenvalue weighted by Gasteiger charge is -2.39. The van der Waals surface area contributed by atoms with E-state index in [-0.39, 0.29) is 6.10 Å². The second-order valence-electron chi connectivity index (χ2n) is 3.83. The van der Waals surface area contributed by atoms with Gasteiger partial charge in [0.15, 0.2) is 6.10 Å². The summed E-state index contributed by atoms with van der Waals surface area (Å²) >= 11 is 7.25. The second-order valence-corrected chi connectivity index (χ2v) is 5.94. The summed E-state index contributed by atoms with van der Waals surface area (Å²) in [6.07, 6.45) is 0.199. The van der Waals surface area contributed by atoms with Gasteiger partial charge in [0.1, 0.15) is 0 Å². The van der Waals surface area contributed by atoms with Crippen LogP contribution in [0.3, 0.4) is 0 Å². The van der Waals surface area contributed by atoms with Gasteiger partial charge in [0.05, 0.1) is 16.5 Å². The quantitative estimate of drug-likeness (QED) is 0.725. The summed E-state index contributed by atoms with van der Waals surface area (Å²) in [5.74, 6) is 0.386. The van der Waals surface area contributed by atoms with Crippen LogP contribution in [0.1, 0.15) is 5.56 Å². The maximum atomic E-state index is 5.41. The molecule has 1 heterocycles. The van der Waals surface area contributed by atoms with Crippen molar-refractivity contribution < 1.29 is 4.84 Å². The summed E-state index contributed by atoms with van der Waals surface area (Å²) in [7, 11) is 0. The fourth-order valence-corrected chi connectivity index (χ4v) is 3.68. The molecule has 0 radical (unpaired) electrons. The summed E-state index contributed by atoms with van der Waals surface area (Å²) in [5, 5.41) is 4.19. The highest BCUT2D eigenvalue weighted by molar-refractivity contribution is 9.12. The highest BCUT2D eigenvalue weighted by atomic mass is 79.9. The van der Waals surface area contributed by atoms with E-state index in [2.05, 4.69) is 49.1 Å². The molecule has 0 amide bonds. The van der Waals surface area contributed by atoms with Crippen molar-refractivity contribution in [3.63, 3.8) is 0 Å². The Bertz CT molecular complexity index is 406. The van der Waals surface area contributed by atoms with Gasteiger partial charge in [-0.15, -0.1) is 0 Å². The van der Waals surface area contributed by atoms with Crippen LogP contribution in [0.2, 0.25) is 0 Å². The Morgan fingerprint density at radius 2 is 1.80 bits per heavy atom. The zero-order valence-corrected chi connectivity index (χ0v) is 11.0. The fraction of sp³-hybridized carbons (Fsp3) is 0.364. The van der Waals surface area contributed by atoms with Gasteiger partial charge in [-0.25, -0.2) is 0 Å². The van der Waals surface area contributed by atoms with Gasteiger partial charge in [-0.3, -0.25) is 0 Å². The van der Waals surface area contributed by atoms with Crippen molar-refractivity contribution in [2.75, 3.05) is 0 Å². The Kier molecular flexibility index (Phi) is 2.36. The van der Waals surface area contributed by atoms with Crippen LogP contribution in [-0.4, -0.2) is 21.5 Å². The van der Waals surface area contributed by atoms with Gasteiger partial charge >= 0.3 is 0 Å². The molecular weight excluding hydrogens is 322 g/mol. The third-order valence-electron chi connectivity index (χ3n) is 2.97. The number of oxime groups is 1. The number of hydrogen-bond donors (Lipinski definition) is 0. The molecule has 1 saturated carbocycles. The van der Waals surface area contributed by atoms with Gasteiger partial charge in [0, 0.05) is 4.83 Å². The molecule has 4 heteroatoms. The van der Waals surface area contributed by atoms with E-state index in [0.717, 1.165) is 11.3 Å². The molecule has 1 fully saturated rings. The molecule has 1 aliphatic carbocycles. The molecule has 0 saturated heterocycles. The first-order chi connectivity index (χ1) is 7.29. The third-order valence-corrected chi connectivity index (χ3v) is 5.91. The number of alkyl halides is 2. The summed E-state index contributed by atoms with van der Waals surface area (Å²) in [4.78, 5) is 6.20. The Morgan fingerprint density at radius 1 is 1.07 bits per heavy atom. The topological polar surface area (TPSA) is 21.6 Å². The van der Waals surface area contributed by atoms with Crippen LogP contribution in [0.25, 0.3) is 0 Å². The lowest BCUT2D eigenvalue weighted by atomic mass is 9.77. The molecule has 3 rings (SSSR count). The van der Waals surface area contributed by atoms with E-state index in [4.69, 9.17) is 4.84 Å². The predicted octanol–water partition coefficient (Wildman–Crippen LogP) is 2.95. The summed E-state index contributed by atoms with van der Waals surface area (Å²) in [6, 6.07) is 10.2. The summed E-state index contributed by atoms with van der Waals surface area (Å²) in [5.41, 5.74) is 2.23. The fourth-order valence-electron chi connectivity index (χ4n) is 2.08. The van der Waals surface area contributed by atoms with Gasteiger partial charge < -0.3 is 4.84 Å². The van der Waals surface area contributed by atoms with E-state index in [9.17, 15) is 0 Å². The number of rotatable bonds is 1. The first kappa shape index (κ1) is 9.85.